The van der Waals surface area contributed by atoms with E-state index in [9.17, 15) is 8.42 Å². The third kappa shape index (κ3) is 4.86. The summed E-state index contributed by atoms with van der Waals surface area (Å²) in [6.07, 6.45) is 1.84. The van der Waals surface area contributed by atoms with Crippen molar-refractivity contribution in [2.45, 2.75) is 25.4 Å². The van der Waals surface area contributed by atoms with Gasteiger partial charge in [0.25, 0.3) is 0 Å². The predicted molar refractivity (Wildman–Crippen MR) is 78.7 cm³/mol. The van der Waals surface area contributed by atoms with Crippen molar-refractivity contribution in [2.24, 2.45) is 0 Å². The standard InChI is InChI=1S/C14H22N2O3S/c17-9-10-20(18,19)15-14-7-4-8-16(12-14)11-13-5-2-1-3-6-13/h1-3,5-6,14-15,17H,4,7-12H2. The molecule has 1 fully saturated rings. The van der Waals surface area contributed by atoms with Crippen molar-refractivity contribution < 1.29 is 13.5 Å². The van der Waals surface area contributed by atoms with Crippen molar-refractivity contribution in [2.75, 3.05) is 25.4 Å². The smallest absolute Gasteiger partial charge is 0.214 e. The molecule has 0 aromatic heterocycles. The van der Waals surface area contributed by atoms with E-state index in [1.54, 1.807) is 0 Å². The molecule has 1 aliphatic heterocycles. The summed E-state index contributed by atoms with van der Waals surface area (Å²) in [6, 6.07) is 10.1. The van der Waals surface area contributed by atoms with Crippen LogP contribution in [0, 0.1) is 0 Å². The van der Waals surface area contributed by atoms with Gasteiger partial charge in [-0.1, -0.05) is 30.3 Å². The molecule has 1 unspecified atom stereocenters. The first kappa shape index (κ1) is 15.4. The van der Waals surface area contributed by atoms with Gasteiger partial charge in [-0.2, -0.15) is 0 Å². The van der Waals surface area contributed by atoms with E-state index >= 15 is 0 Å². The molecule has 112 valence electrons. The first-order valence-corrected chi connectivity index (χ1v) is 8.61. The highest BCUT2D eigenvalue weighted by molar-refractivity contribution is 7.89. The van der Waals surface area contributed by atoms with Crippen molar-refractivity contribution in [1.82, 2.24) is 9.62 Å². The Morgan fingerprint density at radius 3 is 2.75 bits per heavy atom. The van der Waals surface area contributed by atoms with Gasteiger partial charge in [-0.05, 0) is 24.9 Å². The lowest BCUT2D eigenvalue weighted by molar-refractivity contribution is 0.194. The number of hydrogen-bond acceptors (Lipinski definition) is 4. The molecular weight excluding hydrogens is 276 g/mol. The average molecular weight is 298 g/mol. The lowest BCUT2D eigenvalue weighted by Crippen LogP contribution is -2.48. The molecule has 0 bridgehead atoms. The van der Waals surface area contributed by atoms with Crippen LogP contribution >= 0.6 is 0 Å². The number of nitrogens with zero attached hydrogens (tertiary/aromatic N) is 1. The van der Waals surface area contributed by atoms with E-state index < -0.39 is 10.0 Å². The average Bonchev–Trinajstić information content (AvgIpc) is 2.39. The second-order valence-electron chi connectivity index (χ2n) is 5.22. The number of benzene rings is 1. The van der Waals surface area contributed by atoms with Crippen molar-refractivity contribution in [3.63, 3.8) is 0 Å². The summed E-state index contributed by atoms with van der Waals surface area (Å²) in [4.78, 5) is 2.27. The van der Waals surface area contributed by atoms with Crippen LogP contribution in [0.2, 0.25) is 0 Å². The first-order valence-electron chi connectivity index (χ1n) is 6.96. The number of nitrogens with one attached hydrogen (secondary N) is 1. The minimum absolute atomic E-state index is 0.0518. The van der Waals surface area contributed by atoms with Crippen LogP contribution in [0.3, 0.4) is 0 Å². The molecular formula is C14H22N2O3S. The summed E-state index contributed by atoms with van der Waals surface area (Å²) >= 11 is 0. The normalized spacial score (nSPS) is 20.9. The summed E-state index contributed by atoms with van der Waals surface area (Å²) in [5, 5.41) is 8.75. The van der Waals surface area contributed by atoms with Gasteiger partial charge in [-0.3, -0.25) is 4.90 Å². The van der Waals surface area contributed by atoms with Gasteiger partial charge in [0.05, 0.1) is 12.4 Å². The van der Waals surface area contributed by atoms with E-state index in [-0.39, 0.29) is 18.4 Å². The van der Waals surface area contributed by atoms with Crippen LogP contribution in [0.1, 0.15) is 18.4 Å². The van der Waals surface area contributed by atoms with E-state index in [1.807, 2.05) is 18.2 Å². The Hall–Kier alpha value is -0.950. The van der Waals surface area contributed by atoms with E-state index in [2.05, 4.69) is 21.8 Å². The number of sulfonamides is 1. The zero-order chi connectivity index (χ0) is 14.4. The minimum Gasteiger partial charge on any atom is -0.395 e. The molecule has 0 radical (unpaired) electrons. The largest absolute Gasteiger partial charge is 0.395 e. The maximum atomic E-state index is 11.7. The Balaban J connectivity index is 1.89. The molecule has 1 atom stereocenters. The van der Waals surface area contributed by atoms with Crippen LogP contribution < -0.4 is 4.72 Å². The van der Waals surface area contributed by atoms with Crippen molar-refractivity contribution in [3.05, 3.63) is 35.9 Å². The molecule has 1 aliphatic rings. The summed E-state index contributed by atoms with van der Waals surface area (Å²) < 4.78 is 26.0. The van der Waals surface area contributed by atoms with Crippen LogP contribution in [0.4, 0.5) is 0 Å². The van der Waals surface area contributed by atoms with E-state index in [1.165, 1.54) is 5.56 Å². The summed E-state index contributed by atoms with van der Waals surface area (Å²) in [5.74, 6) is -0.220. The number of rotatable bonds is 6. The van der Waals surface area contributed by atoms with Gasteiger partial charge in [0, 0.05) is 19.1 Å². The molecule has 0 aliphatic carbocycles. The fraction of sp³-hybridized carbons (Fsp3) is 0.571. The van der Waals surface area contributed by atoms with E-state index in [0.29, 0.717) is 0 Å². The molecule has 2 rings (SSSR count). The monoisotopic (exact) mass is 298 g/mol. The zero-order valence-electron chi connectivity index (χ0n) is 11.5. The fourth-order valence-corrected chi connectivity index (χ4v) is 3.63. The maximum Gasteiger partial charge on any atom is 0.214 e. The SMILES string of the molecule is O=S(=O)(CCO)NC1CCCN(Cc2ccccc2)C1. The quantitative estimate of drug-likeness (QED) is 0.805. The molecule has 2 N–H and O–H groups in total. The van der Waals surface area contributed by atoms with Gasteiger partial charge >= 0.3 is 0 Å². The molecule has 5 nitrogen and oxygen atoms in total. The highest BCUT2D eigenvalue weighted by Gasteiger charge is 2.23. The molecule has 1 aromatic carbocycles. The predicted octanol–water partition coefficient (Wildman–Crippen LogP) is 0.563. The van der Waals surface area contributed by atoms with Gasteiger partial charge in [0.1, 0.15) is 0 Å². The van der Waals surface area contributed by atoms with Crippen LogP contribution in [0.25, 0.3) is 0 Å². The number of piperidine rings is 1. The first-order chi connectivity index (χ1) is 9.59. The Morgan fingerprint density at radius 2 is 2.05 bits per heavy atom. The number of likely N-dealkylation sites (tertiary alicyclic amines) is 1. The van der Waals surface area contributed by atoms with Crippen LogP contribution in [0.15, 0.2) is 30.3 Å². The third-order valence-electron chi connectivity index (χ3n) is 3.46. The molecule has 0 saturated carbocycles. The molecule has 0 spiro atoms. The molecule has 1 heterocycles. The lowest BCUT2D eigenvalue weighted by Gasteiger charge is -2.33. The topological polar surface area (TPSA) is 69.6 Å². The number of aliphatic hydroxyl groups is 1. The second-order valence-corrected chi connectivity index (χ2v) is 7.09. The Kier molecular flexibility index (Phi) is 5.54. The van der Waals surface area contributed by atoms with Gasteiger partial charge in [-0.15, -0.1) is 0 Å². The van der Waals surface area contributed by atoms with Crippen molar-refractivity contribution in [3.8, 4) is 0 Å². The van der Waals surface area contributed by atoms with Crippen molar-refractivity contribution in [1.29, 1.82) is 0 Å². The van der Waals surface area contributed by atoms with Crippen molar-refractivity contribution >= 4 is 10.0 Å². The number of hydrogen-bond donors (Lipinski definition) is 2. The minimum atomic E-state index is -3.35. The highest BCUT2D eigenvalue weighted by Crippen LogP contribution is 2.14. The maximum absolute atomic E-state index is 11.7. The zero-order valence-corrected chi connectivity index (χ0v) is 12.3. The Labute approximate surface area is 120 Å². The highest BCUT2D eigenvalue weighted by atomic mass is 32.2. The Bertz CT molecular complexity index is 504. The van der Waals surface area contributed by atoms with Gasteiger partial charge < -0.3 is 5.11 Å². The van der Waals surface area contributed by atoms with E-state index in [0.717, 1.165) is 32.5 Å². The van der Waals surface area contributed by atoms with Crippen LogP contribution in [-0.4, -0.2) is 49.9 Å². The lowest BCUT2D eigenvalue weighted by atomic mass is 10.1. The van der Waals surface area contributed by atoms with Crippen LogP contribution in [-0.2, 0) is 16.6 Å². The third-order valence-corrected chi connectivity index (χ3v) is 4.87. The van der Waals surface area contributed by atoms with Crippen LogP contribution in [0.5, 0.6) is 0 Å². The molecule has 20 heavy (non-hydrogen) atoms. The fourth-order valence-electron chi connectivity index (χ4n) is 2.57. The number of aliphatic hydroxyl groups excluding tert-OH is 1. The van der Waals surface area contributed by atoms with Gasteiger partial charge in [0.15, 0.2) is 0 Å². The van der Waals surface area contributed by atoms with E-state index in [4.69, 9.17) is 5.11 Å². The van der Waals surface area contributed by atoms with Gasteiger partial charge in [0.2, 0.25) is 10.0 Å². The molecule has 0 amide bonds. The summed E-state index contributed by atoms with van der Waals surface area (Å²) in [5.41, 5.74) is 1.24. The van der Waals surface area contributed by atoms with Gasteiger partial charge in [-0.25, -0.2) is 13.1 Å². The summed E-state index contributed by atoms with van der Waals surface area (Å²) in [7, 11) is -3.35. The molecule has 1 aromatic rings. The Morgan fingerprint density at radius 1 is 1.30 bits per heavy atom. The molecule has 1 saturated heterocycles. The second kappa shape index (κ2) is 7.17. The summed E-state index contributed by atoms with van der Waals surface area (Å²) in [6.45, 7) is 2.22. The molecule has 6 heteroatoms.